The Bertz CT molecular complexity index is 647. The Kier molecular flexibility index (Phi) is 2.55. The van der Waals surface area contributed by atoms with Crippen LogP contribution in [0.1, 0.15) is 20.3 Å². The molecule has 4 rings (SSSR count). The molecular formula is C17H20N2O. The van der Waals surface area contributed by atoms with Crippen molar-refractivity contribution in [2.45, 2.75) is 32.4 Å². The molecule has 2 heterocycles. The van der Waals surface area contributed by atoms with Gasteiger partial charge in [0.2, 0.25) is 0 Å². The van der Waals surface area contributed by atoms with E-state index >= 15 is 0 Å². The molecule has 1 saturated heterocycles. The first-order valence-corrected chi connectivity index (χ1v) is 7.39. The molecule has 0 spiro atoms. The minimum atomic E-state index is 0.205. The lowest BCUT2D eigenvalue weighted by molar-refractivity contribution is -0.0922. The second kappa shape index (κ2) is 4.19. The first-order valence-electron chi connectivity index (χ1n) is 7.39. The third kappa shape index (κ3) is 1.59. The Morgan fingerprint density at radius 2 is 2.20 bits per heavy atom. The first-order chi connectivity index (χ1) is 9.68. The van der Waals surface area contributed by atoms with Crippen LogP contribution in [-0.2, 0) is 4.74 Å². The van der Waals surface area contributed by atoms with Crippen LogP contribution >= 0.6 is 0 Å². The summed E-state index contributed by atoms with van der Waals surface area (Å²) < 4.78 is 5.87. The molecule has 3 unspecified atom stereocenters. The minimum absolute atomic E-state index is 0.205. The highest BCUT2D eigenvalue weighted by atomic mass is 16.5. The van der Waals surface area contributed by atoms with Crippen molar-refractivity contribution in [2.75, 3.05) is 11.9 Å². The number of aromatic nitrogens is 1. The second-order valence-electron chi connectivity index (χ2n) is 6.59. The lowest BCUT2D eigenvalue weighted by atomic mass is 9.57. The van der Waals surface area contributed by atoms with Crippen molar-refractivity contribution in [3.63, 3.8) is 0 Å². The van der Waals surface area contributed by atoms with Crippen LogP contribution in [0.5, 0.6) is 0 Å². The van der Waals surface area contributed by atoms with Gasteiger partial charge in [-0.2, -0.15) is 0 Å². The Labute approximate surface area is 119 Å². The van der Waals surface area contributed by atoms with E-state index in [1.807, 2.05) is 12.4 Å². The molecule has 3 nitrogen and oxygen atoms in total. The van der Waals surface area contributed by atoms with Crippen LogP contribution in [0.4, 0.5) is 5.69 Å². The van der Waals surface area contributed by atoms with Crippen molar-refractivity contribution in [3.8, 4) is 0 Å². The Hall–Kier alpha value is -1.61. The summed E-state index contributed by atoms with van der Waals surface area (Å²) >= 11 is 0. The molecule has 0 amide bonds. The van der Waals surface area contributed by atoms with Gasteiger partial charge in [-0.15, -0.1) is 0 Å². The van der Waals surface area contributed by atoms with E-state index in [2.05, 4.69) is 48.4 Å². The maximum absolute atomic E-state index is 5.87. The zero-order valence-corrected chi connectivity index (χ0v) is 12.0. The van der Waals surface area contributed by atoms with E-state index in [1.54, 1.807) is 0 Å². The van der Waals surface area contributed by atoms with Crippen molar-refractivity contribution in [1.82, 2.24) is 4.98 Å². The fourth-order valence-electron chi connectivity index (χ4n) is 4.03. The summed E-state index contributed by atoms with van der Waals surface area (Å²) in [5, 5.41) is 6.21. The molecule has 0 radical (unpaired) electrons. The number of nitrogens with one attached hydrogen (secondary N) is 1. The highest BCUT2D eigenvalue weighted by Gasteiger charge is 2.59. The van der Waals surface area contributed by atoms with Crippen LogP contribution in [-0.4, -0.2) is 23.7 Å². The summed E-state index contributed by atoms with van der Waals surface area (Å²) in [6.45, 7) is 5.53. The Morgan fingerprint density at radius 1 is 1.30 bits per heavy atom. The SMILES string of the molecule is CC1(C)C(Nc2cccc3cnccc23)C2CCOC21. The lowest BCUT2D eigenvalue weighted by Crippen LogP contribution is -2.63. The summed E-state index contributed by atoms with van der Waals surface area (Å²) in [7, 11) is 0. The van der Waals surface area contributed by atoms with Gasteiger partial charge in [-0.25, -0.2) is 0 Å². The maximum Gasteiger partial charge on any atom is 0.0694 e. The predicted octanol–water partition coefficient (Wildman–Crippen LogP) is 3.46. The summed E-state index contributed by atoms with van der Waals surface area (Å²) in [6, 6.07) is 8.96. The molecule has 2 aliphatic rings. The molecule has 104 valence electrons. The van der Waals surface area contributed by atoms with Gasteiger partial charge >= 0.3 is 0 Å². The smallest absolute Gasteiger partial charge is 0.0694 e. The van der Waals surface area contributed by atoms with Crippen LogP contribution in [0.3, 0.4) is 0 Å². The largest absolute Gasteiger partial charge is 0.381 e. The number of benzene rings is 1. The maximum atomic E-state index is 5.87. The number of ether oxygens (including phenoxy) is 1. The van der Waals surface area contributed by atoms with E-state index in [1.165, 1.54) is 22.9 Å². The highest BCUT2D eigenvalue weighted by molar-refractivity contribution is 5.93. The van der Waals surface area contributed by atoms with Gasteiger partial charge in [0.1, 0.15) is 0 Å². The number of rotatable bonds is 2. The quantitative estimate of drug-likeness (QED) is 0.905. The predicted molar refractivity (Wildman–Crippen MR) is 80.8 cm³/mol. The van der Waals surface area contributed by atoms with Crippen molar-refractivity contribution in [3.05, 3.63) is 36.7 Å². The average molecular weight is 268 g/mol. The van der Waals surface area contributed by atoms with Gasteiger partial charge < -0.3 is 10.1 Å². The zero-order valence-electron chi connectivity index (χ0n) is 12.0. The molecule has 0 bridgehead atoms. The topological polar surface area (TPSA) is 34.2 Å². The van der Waals surface area contributed by atoms with Crippen LogP contribution in [0.25, 0.3) is 10.8 Å². The van der Waals surface area contributed by atoms with Gasteiger partial charge in [-0.05, 0) is 18.6 Å². The van der Waals surface area contributed by atoms with E-state index in [4.69, 9.17) is 4.74 Å². The molecule has 1 aliphatic carbocycles. The molecule has 1 aromatic heterocycles. The molecule has 3 atom stereocenters. The zero-order chi connectivity index (χ0) is 13.7. The van der Waals surface area contributed by atoms with Crippen LogP contribution in [0.15, 0.2) is 36.7 Å². The normalized spacial score (nSPS) is 30.8. The van der Waals surface area contributed by atoms with Crippen molar-refractivity contribution in [1.29, 1.82) is 0 Å². The van der Waals surface area contributed by atoms with Crippen molar-refractivity contribution < 1.29 is 4.74 Å². The Balaban J connectivity index is 1.68. The Morgan fingerprint density at radius 3 is 3.10 bits per heavy atom. The van der Waals surface area contributed by atoms with E-state index in [-0.39, 0.29) is 5.41 Å². The van der Waals surface area contributed by atoms with Gasteiger partial charge in [-0.1, -0.05) is 26.0 Å². The van der Waals surface area contributed by atoms with E-state index in [9.17, 15) is 0 Å². The van der Waals surface area contributed by atoms with Crippen molar-refractivity contribution in [2.24, 2.45) is 11.3 Å². The molecule has 2 aromatic rings. The molecule has 1 N–H and O–H groups in total. The van der Waals surface area contributed by atoms with E-state index < -0.39 is 0 Å². The molecule has 1 aliphatic heterocycles. The molecule has 2 fully saturated rings. The summed E-state index contributed by atoms with van der Waals surface area (Å²) in [5.41, 5.74) is 1.42. The molecule has 1 saturated carbocycles. The van der Waals surface area contributed by atoms with Gasteiger partial charge in [0.15, 0.2) is 0 Å². The fourth-order valence-corrected chi connectivity index (χ4v) is 4.03. The molecule has 20 heavy (non-hydrogen) atoms. The minimum Gasteiger partial charge on any atom is -0.381 e. The number of hydrogen-bond donors (Lipinski definition) is 1. The number of fused-ring (bicyclic) bond motifs is 2. The molecule has 3 heteroatoms. The van der Waals surface area contributed by atoms with Crippen LogP contribution < -0.4 is 5.32 Å². The lowest BCUT2D eigenvalue weighted by Gasteiger charge is -2.55. The second-order valence-corrected chi connectivity index (χ2v) is 6.59. The summed E-state index contributed by atoms with van der Waals surface area (Å²) in [6.07, 6.45) is 5.39. The fraction of sp³-hybridized carbons (Fsp3) is 0.471. The van der Waals surface area contributed by atoms with Crippen LogP contribution in [0, 0.1) is 11.3 Å². The van der Waals surface area contributed by atoms with Crippen LogP contribution in [0.2, 0.25) is 0 Å². The summed E-state index contributed by atoms with van der Waals surface area (Å²) in [4.78, 5) is 4.20. The van der Waals surface area contributed by atoms with E-state index in [0.717, 1.165) is 6.61 Å². The van der Waals surface area contributed by atoms with Gasteiger partial charge in [0, 0.05) is 52.8 Å². The van der Waals surface area contributed by atoms with Gasteiger partial charge in [-0.3, -0.25) is 4.98 Å². The van der Waals surface area contributed by atoms with Gasteiger partial charge in [0.05, 0.1) is 6.10 Å². The summed E-state index contributed by atoms with van der Waals surface area (Å²) in [5.74, 6) is 0.655. The molecular weight excluding hydrogens is 248 g/mol. The monoisotopic (exact) mass is 268 g/mol. The van der Waals surface area contributed by atoms with E-state index in [0.29, 0.717) is 18.1 Å². The number of anilines is 1. The molecule has 1 aromatic carbocycles. The van der Waals surface area contributed by atoms with Gasteiger partial charge in [0.25, 0.3) is 0 Å². The number of pyridine rings is 1. The first kappa shape index (κ1) is 12.2. The number of nitrogens with zero attached hydrogens (tertiary/aromatic N) is 1. The van der Waals surface area contributed by atoms with Crippen molar-refractivity contribution >= 4 is 16.5 Å². The standard InChI is InChI=1S/C17H20N2O/c1-17(2)15(13-7-9-20-16(13)17)19-14-5-3-4-11-10-18-8-6-12(11)14/h3-6,8,10,13,15-16,19H,7,9H2,1-2H3. The number of hydrogen-bond acceptors (Lipinski definition) is 3. The third-order valence-corrected chi connectivity index (χ3v) is 5.09. The average Bonchev–Trinajstić information content (AvgIpc) is 2.92. The third-order valence-electron chi connectivity index (χ3n) is 5.09. The highest BCUT2D eigenvalue weighted by Crippen LogP contribution is 2.53.